The van der Waals surface area contributed by atoms with Gasteiger partial charge in [0.15, 0.2) is 0 Å². The lowest BCUT2D eigenvalue weighted by Crippen LogP contribution is -2.27. The van der Waals surface area contributed by atoms with Gasteiger partial charge >= 0.3 is 5.69 Å². The number of carbonyl (C=O) groups is 1. The molecule has 0 bridgehead atoms. The molecule has 1 aliphatic rings. The van der Waals surface area contributed by atoms with Gasteiger partial charge in [-0.3, -0.25) is 9.36 Å². The molecule has 0 unspecified atom stereocenters. The van der Waals surface area contributed by atoms with Crippen molar-refractivity contribution < 1.29 is 9.90 Å². The van der Waals surface area contributed by atoms with Gasteiger partial charge in [0.05, 0.1) is 34.4 Å². The highest BCUT2D eigenvalue weighted by Gasteiger charge is 2.24. The van der Waals surface area contributed by atoms with Crippen LogP contribution in [0.1, 0.15) is 52.8 Å². The Morgan fingerprint density at radius 1 is 1.37 bits per heavy atom. The Bertz CT molecular complexity index is 1030. The molecule has 2 heterocycles. The topological polar surface area (TPSA) is 100 Å². The quantitative estimate of drug-likeness (QED) is 0.641. The first-order chi connectivity index (χ1) is 13.0. The first kappa shape index (κ1) is 17.9. The number of aliphatic hydroxyl groups is 1. The normalized spacial score (nSPS) is 20.1. The standard InChI is InChI=1S/C19H22N4O3S/c1-11-21-13(10-27-11)9-20-18(25)12-2-7-17-16(8-12)22-19(26)23(17)14-3-5-15(24)6-4-14/h2,7-8,10,14-15,24H,3-6,9H2,1H3,(H,20,25)(H,22,26). The monoisotopic (exact) mass is 386 g/mol. The number of H-pyrrole nitrogens is 1. The summed E-state index contributed by atoms with van der Waals surface area (Å²) in [5, 5.41) is 15.5. The van der Waals surface area contributed by atoms with Crippen LogP contribution in [-0.2, 0) is 6.54 Å². The number of thiazole rings is 1. The van der Waals surface area contributed by atoms with Gasteiger partial charge in [0.25, 0.3) is 5.91 Å². The lowest BCUT2D eigenvalue weighted by atomic mass is 9.93. The van der Waals surface area contributed by atoms with Crippen LogP contribution in [0.2, 0.25) is 0 Å². The van der Waals surface area contributed by atoms with Gasteiger partial charge in [-0.25, -0.2) is 9.78 Å². The van der Waals surface area contributed by atoms with Gasteiger partial charge in [0, 0.05) is 17.0 Å². The van der Waals surface area contributed by atoms with Gasteiger partial charge in [-0.15, -0.1) is 11.3 Å². The number of hydrogen-bond acceptors (Lipinski definition) is 5. The van der Waals surface area contributed by atoms with Gasteiger partial charge in [0.1, 0.15) is 0 Å². The van der Waals surface area contributed by atoms with Crippen molar-refractivity contribution in [1.29, 1.82) is 0 Å². The van der Waals surface area contributed by atoms with Crippen molar-refractivity contribution in [2.45, 2.75) is 51.3 Å². The summed E-state index contributed by atoms with van der Waals surface area (Å²) in [5.41, 5.74) is 2.63. The van der Waals surface area contributed by atoms with Gasteiger partial charge in [-0.05, 0) is 50.8 Å². The first-order valence-corrected chi connectivity index (χ1v) is 10.0. The van der Waals surface area contributed by atoms with E-state index < -0.39 is 0 Å². The minimum absolute atomic E-state index is 0.0854. The molecule has 1 fully saturated rings. The number of fused-ring (bicyclic) bond motifs is 1. The van der Waals surface area contributed by atoms with Crippen LogP contribution in [0.25, 0.3) is 11.0 Å². The van der Waals surface area contributed by atoms with E-state index in [1.807, 2.05) is 18.4 Å². The first-order valence-electron chi connectivity index (χ1n) is 9.13. The Labute approximate surface area is 160 Å². The zero-order valence-corrected chi connectivity index (χ0v) is 15.9. The number of aliphatic hydroxyl groups excluding tert-OH is 1. The molecule has 0 radical (unpaired) electrons. The summed E-state index contributed by atoms with van der Waals surface area (Å²) in [6.45, 7) is 2.31. The van der Waals surface area contributed by atoms with Crippen molar-refractivity contribution in [3.8, 4) is 0 Å². The second-order valence-corrected chi connectivity index (χ2v) is 8.10. The Morgan fingerprint density at radius 2 is 2.15 bits per heavy atom. The van der Waals surface area contributed by atoms with Crippen molar-refractivity contribution in [1.82, 2.24) is 19.9 Å². The van der Waals surface area contributed by atoms with E-state index >= 15 is 0 Å². The number of nitrogens with one attached hydrogen (secondary N) is 2. The van der Waals surface area contributed by atoms with Crippen LogP contribution in [-0.4, -0.2) is 31.7 Å². The van der Waals surface area contributed by atoms with E-state index in [0.717, 1.165) is 29.1 Å². The molecule has 7 nitrogen and oxygen atoms in total. The van der Waals surface area contributed by atoms with Crippen molar-refractivity contribution in [3.63, 3.8) is 0 Å². The molecule has 142 valence electrons. The fourth-order valence-electron chi connectivity index (χ4n) is 3.71. The Kier molecular flexibility index (Phi) is 4.84. The second kappa shape index (κ2) is 7.28. The maximum atomic E-state index is 12.5. The summed E-state index contributed by atoms with van der Waals surface area (Å²) in [7, 11) is 0. The minimum Gasteiger partial charge on any atom is -0.393 e. The molecule has 0 atom stereocenters. The Balaban J connectivity index is 1.54. The van der Waals surface area contributed by atoms with Crippen LogP contribution in [0.5, 0.6) is 0 Å². The van der Waals surface area contributed by atoms with E-state index in [4.69, 9.17) is 0 Å². The maximum Gasteiger partial charge on any atom is 0.326 e. The van der Waals surface area contributed by atoms with E-state index in [1.165, 1.54) is 0 Å². The number of hydrogen-bond donors (Lipinski definition) is 3. The smallest absolute Gasteiger partial charge is 0.326 e. The second-order valence-electron chi connectivity index (χ2n) is 7.03. The summed E-state index contributed by atoms with van der Waals surface area (Å²) in [6.07, 6.45) is 2.71. The predicted molar refractivity (Wildman–Crippen MR) is 104 cm³/mol. The molecule has 0 spiro atoms. The number of imidazole rings is 1. The van der Waals surface area contributed by atoms with Gasteiger partial charge < -0.3 is 15.4 Å². The van der Waals surface area contributed by atoms with Gasteiger partial charge in [-0.1, -0.05) is 0 Å². The fraction of sp³-hybridized carbons (Fsp3) is 0.421. The molecule has 3 N–H and O–H groups in total. The summed E-state index contributed by atoms with van der Waals surface area (Å²) in [4.78, 5) is 32.1. The zero-order chi connectivity index (χ0) is 19.0. The summed E-state index contributed by atoms with van der Waals surface area (Å²) in [6, 6.07) is 5.36. The molecule has 1 aliphatic carbocycles. The lowest BCUT2D eigenvalue weighted by Gasteiger charge is -2.26. The highest BCUT2D eigenvalue weighted by Crippen LogP contribution is 2.29. The Morgan fingerprint density at radius 3 is 2.85 bits per heavy atom. The molecule has 1 aromatic carbocycles. The molecule has 0 aliphatic heterocycles. The average molecular weight is 386 g/mol. The molecule has 2 aromatic heterocycles. The van der Waals surface area contributed by atoms with Crippen molar-refractivity contribution >= 4 is 28.3 Å². The number of benzene rings is 1. The van der Waals surface area contributed by atoms with E-state index in [-0.39, 0.29) is 23.7 Å². The maximum absolute atomic E-state index is 12.5. The molecule has 1 amide bonds. The largest absolute Gasteiger partial charge is 0.393 e. The molecular weight excluding hydrogens is 364 g/mol. The number of aromatic amines is 1. The van der Waals surface area contributed by atoms with Crippen LogP contribution >= 0.6 is 11.3 Å². The SMILES string of the molecule is Cc1nc(CNC(=O)c2ccc3c(c2)[nH]c(=O)n3C2CCC(O)CC2)cs1. The van der Waals surface area contributed by atoms with E-state index in [0.29, 0.717) is 30.5 Å². The van der Waals surface area contributed by atoms with Crippen molar-refractivity contribution in [2.24, 2.45) is 0 Å². The Hall–Kier alpha value is -2.45. The summed E-state index contributed by atoms with van der Waals surface area (Å²) in [5.74, 6) is -0.197. The van der Waals surface area contributed by atoms with Crippen molar-refractivity contribution in [2.75, 3.05) is 0 Å². The molecule has 8 heteroatoms. The zero-order valence-electron chi connectivity index (χ0n) is 15.1. The van der Waals surface area contributed by atoms with Crippen LogP contribution in [0.4, 0.5) is 0 Å². The number of nitrogens with zero attached hydrogens (tertiary/aromatic N) is 2. The third kappa shape index (κ3) is 3.68. The van der Waals surface area contributed by atoms with Crippen LogP contribution in [0, 0.1) is 6.92 Å². The number of aromatic nitrogens is 3. The van der Waals surface area contributed by atoms with Gasteiger partial charge in [-0.2, -0.15) is 0 Å². The van der Waals surface area contributed by atoms with E-state index in [2.05, 4.69) is 15.3 Å². The van der Waals surface area contributed by atoms with E-state index in [1.54, 1.807) is 28.0 Å². The molecule has 3 aromatic rings. The fourth-order valence-corrected chi connectivity index (χ4v) is 4.33. The third-order valence-electron chi connectivity index (χ3n) is 5.11. The average Bonchev–Trinajstić information content (AvgIpc) is 3.22. The van der Waals surface area contributed by atoms with Gasteiger partial charge in [0.2, 0.25) is 0 Å². The minimum atomic E-state index is -0.265. The summed E-state index contributed by atoms with van der Waals surface area (Å²) < 4.78 is 1.76. The van der Waals surface area contributed by atoms with Crippen LogP contribution < -0.4 is 11.0 Å². The number of aryl methyl sites for hydroxylation is 1. The number of amides is 1. The molecule has 1 saturated carbocycles. The number of carbonyl (C=O) groups excluding carboxylic acids is 1. The summed E-state index contributed by atoms with van der Waals surface area (Å²) >= 11 is 1.55. The van der Waals surface area contributed by atoms with Crippen LogP contribution in [0.3, 0.4) is 0 Å². The molecular formula is C19H22N4O3S. The van der Waals surface area contributed by atoms with Crippen LogP contribution in [0.15, 0.2) is 28.4 Å². The molecule has 27 heavy (non-hydrogen) atoms. The predicted octanol–water partition coefficient (Wildman–Crippen LogP) is 2.50. The molecule has 0 saturated heterocycles. The highest BCUT2D eigenvalue weighted by atomic mass is 32.1. The molecule has 4 rings (SSSR count). The van der Waals surface area contributed by atoms with E-state index in [9.17, 15) is 14.7 Å². The third-order valence-corrected chi connectivity index (χ3v) is 5.93. The van der Waals surface area contributed by atoms with Crippen molar-refractivity contribution in [3.05, 3.63) is 50.3 Å². The highest BCUT2D eigenvalue weighted by molar-refractivity contribution is 7.09. The number of rotatable bonds is 4. The lowest BCUT2D eigenvalue weighted by molar-refractivity contribution is 0.0950.